The van der Waals surface area contributed by atoms with E-state index < -0.39 is 0 Å². The molecule has 1 amide bonds. The summed E-state index contributed by atoms with van der Waals surface area (Å²) in [6, 6.07) is 15.4. The van der Waals surface area contributed by atoms with Gasteiger partial charge in [0.1, 0.15) is 11.6 Å². The second kappa shape index (κ2) is 7.28. The third kappa shape index (κ3) is 4.72. The van der Waals surface area contributed by atoms with Crippen LogP contribution in [0.5, 0.6) is 5.75 Å². The van der Waals surface area contributed by atoms with E-state index in [0.717, 1.165) is 5.56 Å². The van der Waals surface area contributed by atoms with Crippen molar-refractivity contribution in [2.24, 2.45) is 0 Å². The molecule has 0 saturated heterocycles. The molecule has 20 heavy (non-hydrogen) atoms. The summed E-state index contributed by atoms with van der Waals surface area (Å²) in [6.45, 7) is 0.496. The van der Waals surface area contributed by atoms with Crippen molar-refractivity contribution < 1.29 is 13.9 Å². The Balaban J connectivity index is 1.66. The van der Waals surface area contributed by atoms with Gasteiger partial charge in [0.25, 0.3) is 5.91 Å². The third-order valence-electron chi connectivity index (χ3n) is 2.76. The molecule has 0 heterocycles. The molecule has 0 unspecified atom stereocenters. The predicted octanol–water partition coefficient (Wildman–Crippen LogP) is 2.56. The first-order valence-electron chi connectivity index (χ1n) is 6.43. The Labute approximate surface area is 117 Å². The number of para-hydroxylation sites is 1. The molecular weight excluding hydrogens is 257 g/mol. The van der Waals surface area contributed by atoms with Crippen molar-refractivity contribution in [3.05, 3.63) is 66.0 Å². The fraction of sp³-hybridized carbons (Fsp3) is 0.188. The zero-order valence-corrected chi connectivity index (χ0v) is 11.0. The summed E-state index contributed by atoms with van der Waals surface area (Å²) in [5, 5.41) is 2.76. The van der Waals surface area contributed by atoms with Crippen molar-refractivity contribution in [2.45, 2.75) is 6.42 Å². The highest BCUT2D eigenvalue weighted by molar-refractivity contribution is 5.77. The lowest BCUT2D eigenvalue weighted by atomic mass is 10.1. The second-order valence-electron chi connectivity index (χ2n) is 4.33. The highest BCUT2D eigenvalue weighted by Crippen LogP contribution is 2.07. The van der Waals surface area contributed by atoms with Gasteiger partial charge in [-0.3, -0.25) is 4.79 Å². The lowest BCUT2D eigenvalue weighted by Gasteiger charge is -2.07. The van der Waals surface area contributed by atoms with Gasteiger partial charge < -0.3 is 10.1 Å². The van der Waals surface area contributed by atoms with Crippen LogP contribution in [0.25, 0.3) is 0 Å². The van der Waals surface area contributed by atoms with E-state index >= 15 is 0 Å². The van der Waals surface area contributed by atoms with Crippen molar-refractivity contribution in [3.8, 4) is 5.75 Å². The number of ether oxygens (including phenoxy) is 1. The van der Waals surface area contributed by atoms with Gasteiger partial charge in [0, 0.05) is 6.54 Å². The van der Waals surface area contributed by atoms with Gasteiger partial charge >= 0.3 is 0 Å². The van der Waals surface area contributed by atoms with Crippen LogP contribution >= 0.6 is 0 Å². The predicted molar refractivity (Wildman–Crippen MR) is 75.1 cm³/mol. The molecule has 0 aliphatic heterocycles. The van der Waals surface area contributed by atoms with Crippen molar-refractivity contribution in [1.29, 1.82) is 0 Å². The smallest absolute Gasteiger partial charge is 0.257 e. The molecule has 0 spiro atoms. The van der Waals surface area contributed by atoms with Gasteiger partial charge in [-0.2, -0.15) is 0 Å². The Morgan fingerprint density at radius 1 is 1.05 bits per heavy atom. The number of hydrogen-bond donors (Lipinski definition) is 1. The fourth-order valence-corrected chi connectivity index (χ4v) is 1.71. The van der Waals surface area contributed by atoms with Crippen LogP contribution in [0.3, 0.4) is 0 Å². The Kier molecular flexibility index (Phi) is 5.12. The minimum atomic E-state index is -0.256. The molecule has 2 aromatic carbocycles. The van der Waals surface area contributed by atoms with Crippen LogP contribution in [0.15, 0.2) is 54.6 Å². The first-order valence-corrected chi connectivity index (χ1v) is 6.43. The molecular formula is C16H16FNO2. The number of benzene rings is 2. The van der Waals surface area contributed by atoms with Crippen LogP contribution in [0.1, 0.15) is 5.56 Å². The quantitative estimate of drug-likeness (QED) is 0.878. The molecule has 3 nitrogen and oxygen atoms in total. The van der Waals surface area contributed by atoms with Crippen molar-refractivity contribution >= 4 is 5.91 Å². The molecule has 2 rings (SSSR count). The number of carbonyl (C=O) groups excluding carboxylic acids is 1. The molecule has 104 valence electrons. The molecule has 0 aromatic heterocycles. The topological polar surface area (TPSA) is 38.3 Å². The van der Waals surface area contributed by atoms with Crippen molar-refractivity contribution in [3.63, 3.8) is 0 Å². The molecule has 0 saturated carbocycles. The van der Waals surface area contributed by atoms with Crippen molar-refractivity contribution in [1.82, 2.24) is 5.32 Å². The van der Waals surface area contributed by atoms with E-state index in [4.69, 9.17) is 4.74 Å². The summed E-state index contributed by atoms with van der Waals surface area (Å²) < 4.78 is 18.0. The van der Waals surface area contributed by atoms with E-state index in [1.807, 2.05) is 18.2 Å². The van der Waals surface area contributed by atoms with Crippen molar-refractivity contribution in [2.75, 3.05) is 13.2 Å². The maximum atomic E-state index is 12.7. The van der Waals surface area contributed by atoms with E-state index in [1.165, 1.54) is 12.1 Å². The van der Waals surface area contributed by atoms with Gasteiger partial charge in [0.2, 0.25) is 0 Å². The minimum absolute atomic E-state index is 0.00652. The largest absolute Gasteiger partial charge is 0.484 e. The number of carbonyl (C=O) groups is 1. The first kappa shape index (κ1) is 14.1. The Morgan fingerprint density at radius 2 is 1.75 bits per heavy atom. The second-order valence-corrected chi connectivity index (χ2v) is 4.33. The SMILES string of the molecule is O=C(COc1ccccc1)NCCc1ccc(F)cc1. The monoisotopic (exact) mass is 273 g/mol. The van der Waals surface area contributed by atoms with Crippen LogP contribution in [0.4, 0.5) is 4.39 Å². The van der Waals surface area contributed by atoms with Gasteiger partial charge in [-0.05, 0) is 36.2 Å². The van der Waals surface area contributed by atoms with Gasteiger partial charge in [0.05, 0.1) is 0 Å². The number of hydrogen-bond acceptors (Lipinski definition) is 2. The highest BCUT2D eigenvalue weighted by atomic mass is 19.1. The van der Waals surface area contributed by atoms with Crippen LogP contribution in [-0.2, 0) is 11.2 Å². The molecule has 0 fully saturated rings. The lowest BCUT2D eigenvalue weighted by Crippen LogP contribution is -2.30. The number of nitrogens with one attached hydrogen (secondary N) is 1. The molecule has 0 atom stereocenters. The molecule has 1 N–H and O–H groups in total. The summed E-state index contributed by atoms with van der Waals surface area (Å²) in [7, 11) is 0. The maximum Gasteiger partial charge on any atom is 0.257 e. The van der Waals surface area contributed by atoms with Gasteiger partial charge in [-0.25, -0.2) is 4.39 Å². The van der Waals surface area contributed by atoms with E-state index in [2.05, 4.69) is 5.32 Å². The maximum absolute atomic E-state index is 12.7. The van der Waals surface area contributed by atoms with E-state index in [-0.39, 0.29) is 18.3 Å². The Bertz CT molecular complexity index is 540. The van der Waals surface area contributed by atoms with Crippen LogP contribution in [-0.4, -0.2) is 19.1 Å². The fourth-order valence-electron chi connectivity index (χ4n) is 1.71. The van der Waals surface area contributed by atoms with E-state index in [0.29, 0.717) is 18.7 Å². The van der Waals surface area contributed by atoms with Crippen LogP contribution in [0, 0.1) is 5.82 Å². The first-order chi connectivity index (χ1) is 9.74. The minimum Gasteiger partial charge on any atom is -0.484 e. The lowest BCUT2D eigenvalue weighted by molar-refractivity contribution is -0.123. The average molecular weight is 273 g/mol. The molecule has 2 aromatic rings. The standard InChI is InChI=1S/C16H16FNO2/c17-14-8-6-13(7-9-14)10-11-18-16(19)12-20-15-4-2-1-3-5-15/h1-9H,10-12H2,(H,18,19). The van der Waals surface area contributed by atoms with Gasteiger partial charge in [-0.1, -0.05) is 30.3 Å². The van der Waals surface area contributed by atoms with Gasteiger partial charge in [-0.15, -0.1) is 0 Å². The van der Waals surface area contributed by atoms with Gasteiger partial charge in [0.15, 0.2) is 6.61 Å². The zero-order chi connectivity index (χ0) is 14.2. The summed E-state index contributed by atoms with van der Waals surface area (Å²) in [5.41, 5.74) is 0.982. The molecule has 0 aliphatic rings. The molecule has 0 radical (unpaired) electrons. The number of halogens is 1. The average Bonchev–Trinajstić information content (AvgIpc) is 2.48. The molecule has 0 aliphatic carbocycles. The zero-order valence-electron chi connectivity index (χ0n) is 11.0. The summed E-state index contributed by atoms with van der Waals surface area (Å²) in [6.07, 6.45) is 0.664. The summed E-state index contributed by atoms with van der Waals surface area (Å²) in [5.74, 6) is 0.242. The highest BCUT2D eigenvalue weighted by Gasteiger charge is 2.02. The Hall–Kier alpha value is -2.36. The van der Waals surface area contributed by atoms with E-state index in [1.54, 1.807) is 24.3 Å². The summed E-state index contributed by atoms with van der Waals surface area (Å²) >= 11 is 0. The number of rotatable bonds is 6. The normalized spacial score (nSPS) is 10.1. The third-order valence-corrected chi connectivity index (χ3v) is 2.76. The number of amides is 1. The Morgan fingerprint density at radius 3 is 2.45 bits per heavy atom. The molecule has 4 heteroatoms. The van der Waals surface area contributed by atoms with E-state index in [9.17, 15) is 9.18 Å². The van der Waals surface area contributed by atoms with Crippen LogP contribution in [0.2, 0.25) is 0 Å². The molecule has 0 bridgehead atoms. The summed E-state index contributed by atoms with van der Waals surface area (Å²) in [4.78, 5) is 11.6. The van der Waals surface area contributed by atoms with Crippen LogP contribution < -0.4 is 10.1 Å².